The first kappa shape index (κ1) is 21.2. The number of benzene rings is 2. The van der Waals surface area contributed by atoms with E-state index in [0.717, 1.165) is 12.8 Å². The van der Waals surface area contributed by atoms with Crippen molar-refractivity contribution < 1.29 is 23.9 Å². The highest BCUT2D eigenvalue weighted by molar-refractivity contribution is 5.74. The highest BCUT2D eigenvalue weighted by Gasteiger charge is 2.09. The lowest BCUT2D eigenvalue weighted by Gasteiger charge is -2.09. The summed E-state index contributed by atoms with van der Waals surface area (Å²) in [4.78, 5) is 22.0. The summed E-state index contributed by atoms with van der Waals surface area (Å²) in [5.41, 5.74) is -0.0711. The molecule has 0 saturated heterocycles. The Bertz CT molecular complexity index is 760. The van der Waals surface area contributed by atoms with Crippen molar-refractivity contribution in [3.63, 3.8) is 0 Å². The minimum absolute atomic E-state index is 0.0711. The van der Waals surface area contributed by atoms with E-state index in [9.17, 15) is 14.9 Å². The van der Waals surface area contributed by atoms with Crippen molar-refractivity contribution in [2.75, 3.05) is 13.2 Å². The van der Waals surface area contributed by atoms with Crippen LogP contribution in [0.1, 0.15) is 39.0 Å². The molecule has 0 saturated carbocycles. The van der Waals surface area contributed by atoms with Crippen LogP contribution in [0, 0.1) is 10.1 Å². The molecule has 2 aromatic rings. The fourth-order valence-electron chi connectivity index (χ4n) is 2.49. The molecule has 0 spiro atoms. The number of esters is 1. The first-order chi connectivity index (χ1) is 13.6. The molecular formula is C21H25NO6. The van der Waals surface area contributed by atoms with Gasteiger partial charge in [-0.1, -0.05) is 38.7 Å². The third-order valence-corrected chi connectivity index (χ3v) is 3.96. The minimum atomic E-state index is -0.601. The zero-order chi connectivity index (χ0) is 20.2. The molecular weight excluding hydrogens is 362 g/mol. The van der Waals surface area contributed by atoms with E-state index in [1.54, 1.807) is 18.2 Å². The van der Waals surface area contributed by atoms with E-state index in [-0.39, 0.29) is 18.0 Å². The molecule has 150 valence electrons. The number of carbonyl (C=O) groups is 1. The van der Waals surface area contributed by atoms with Crippen molar-refractivity contribution in [2.24, 2.45) is 0 Å². The Morgan fingerprint density at radius 1 is 0.929 bits per heavy atom. The number of non-ortho nitro benzene ring substituents is 1. The number of nitrogens with zero attached hydrogens (tertiary/aromatic N) is 1. The summed E-state index contributed by atoms with van der Waals surface area (Å²) in [5, 5.41) is 10.6. The molecule has 0 aliphatic heterocycles. The van der Waals surface area contributed by atoms with Gasteiger partial charge in [0.1, 0.15) is 17.2 Å². The molecule has 0 bridgehead atoms. The van der Waals surface area contributed by atoms with Crippen LogP contribution < -0.4 is 14.2 Å². The first-order valence-electron chi connectivity index (χ1n) is 9.39. The summed E-state index contributed by atoms with van der Waals surface area (Å²) in [5.74, 6) is 0.816. The topological polar surface area (TPSA) is 87.9 Å². The van der Waals surface area contributed by atoms with E-state index < -0.39 is 10.9 Å². The van der Waals surface area contributed by atoms with Crippen LogP contribution >= 0.6 is 0 Å². The second-order valence-electron chi connectivity index (χ2n) is 6.25. The first-order valence-corrected chi connectivity index (χ1v) is 9.39. The highest BCUT2D eigenvalue weighted by atomic mass is 16.6. The predicted molar refractivity (Wildman–Crippen MR) is 105 cm³/mol. The Morgan fingerprint density at radius 2 is 1.61 bits per heavy atom. The zero-order valence-corrected chi connectivity index (χ0v) is 16.0. The van der Waals surface area contributed by atoms with Crippen molar-refractivity contribution in [1.29, 1.82) is 0 Å². The number of nitro benzene ring substituents is 1. The maximum absolute atomic E-state index is 11.9. The standard InChI is InChI=1S/C21H25NO6/c1-2-3-4-5-6-14-26-19-8-7-9-20(15-19)27-16-21(23)28-18-12-10-17(11-13-18)22(24)25/h7-13,15H,2-6,14,16H2,1H3. The van der Waals surface area contributed by atoms with Crippen LogP contribution in [0.15, 0.2) is 48.5 Å². The smallest absolute Gasteiger partial charge is 0.349 e. The van der Waals surface area contributed by atoms with E-state index in [4.69, 9.17) is 14.2 Å². The molecule has 0 unspecified atom stereocenters. The van der Waals surface area contributed by atoms with Gasteiger partial charge >= 0.3 is 5.97 Å². The number of hydrogen-bond acceptors (Lipinski definition) is 6. The summed E-state index contributed by atoms with van der Waals surface area (Å²) in [6.45, 7) is 2.55. The van der Waals surface area contributed by atoms with Crippen LogP contribution in [0.25, 0.3) is 0 Å². The zero-order valence-electron chi connectivity index (χ0n) is 16.0. The molecule has 0 aliphatic carbocycles. The Labute approximate surface area is 164 Å². The second-order valence-corrected chi connectivity index (χ2v) is 6.25. The fourth-order valence-corrected chi connectivity index (χ4v) is 2.49. The van der Waals surface area contributed by atoms with Gasteiger partial charge in [-0.25, -0.2) is 4.79 Å². The average Bonchev–Trinajstić information content (AvgIpc) is 2.70. The Balaban J connectivity index is 1.74. The van der Waals surface area contributed by atoms with Gasteiger partial charge in [0.2, 0.25) is 0 Å². The number of nitro groups is 1. The fraction of sp³-hybridized carbons (Fsp3) is 0.381. The lowest BCUT2D eigenvalue weighted by atomic mass is 10.2. The van der Waals surface area contributed by atoms with E-state index in [1.807, 2.05) is 6.07 Å². The van der Waals surface area contributed by atoms with Crippen molar-refractivity contribution in [2.45, 2.75) is 39.0 Å². The van der Waals surface area contributed by atoms with Gasteiger partial charge < -0.3 is 14.2 Å². The molecule has 2 rings (SSSR count). The average molecular weight is 387 g/mol. The molecule has 0 aromatic heterocycles. The molecule has 7 heteroatoms. The van der Waals surface area contributed by atoms with E-state index >= 15 is 0 Å². The Morgan fingerprint density at radius 3 is 2.29 bits per heavy atom. The molecule has 2 aromatic carbocycles. The van der Waals surface area contributed by atoms with Gasteiger partial charge in [0.25, 0.3) is 5.69 Å². The third kappa shape index (κ3) is 7.65. The molecule has 28 heavy (non-hydrogen) atoms. The maximum atomic E-state index is 11.9. The highest BCUT2D eigenvalue weighted by Crippen LogP contribution is 2.21. The van der Waals surface area contributed by atoms with Gasteiger partial charge in [-0.3, -0.25) is 10.1 Å². The number of unbranched alkanes of at least 4 members (excludes halogenated alkanes) is 4. The normalized spacial score (nSPS) is 10.3. The summed E-state index contributed by atoms with van der Waals surface area (Å²) in [6.07, 6.45) is 5.84. The SMILES string of the molecule is CCCCCCCOc1cccc(OCC(=O)Oc2ccc([N+](=O)[O-])cc2)c1. The molecule has 0 fully saturated rings. The van der Waals surface area contributed by atoms with Crippen molar-refractivity contribution >= 4 is 11.7 Å². The van der Waals surface area contributed by atoms with Gasteiger partial charge in [0.15, 0.2) is 6.61 Å². The van der Waals surface area contributed by atoms with E-state index in [1.165, 1.54) is 43.5 Å². The third-order valence-electron chi connectivity index (χ3n) is 3.96. The van der Waals surface area contributed by atoms with Gasteiger partial charge in [0, 0.05) is 18.2 Å². The van der Waals surface area contributed by atoms with E-state index in [2.05, 4.69) is 6.92 Å². The van der Waals surface area contributed by atoms with Crippen molar-refractivity contribution in [3.05, 3.63) is 58.6 Å². The summed E-state index contributed by atoms with van der Waals surface area (Å²) in [7, 11) is 0. The summed E-state index contributed by atoms with van der Waals surface area (Å²) >= 11 is 0. The molecule has 0 radical (unpaired) electrons. The molecule has 0 N–H and O–H groups in total. The van der Waals surface area contributed by atoms with Gasteiger partial charge in [0.05, 0.1) is 11.5 Å². The molecule has 0 amide bonds. The minimum Gasteiger partial charge on any atom is -0.493 e. The van der Waals surface area contributed by atoms with Crippen LogP contribution in [0.5, 0.6) is 17.2 Å². The lowest BCUT2D eigenvalue weighted by Crippen LogP contribution is -2.17. The Hall–Kier alpha value is -3.09. The Kier molecular flexibility index (Phi) is 8.78. The van der Waals surface area contributed by atoms with Gasteiger partial charge in [-0.15, -0.1) is 0 Å². The maximum Gasteiger partial charge on any atom is 0.349 e. The number of ether oxygens (including phenoxy) is 3. The predicted octanol–water partition coefficient (Wildman–Crippen LogP) is 4.93. The second kappa shape index (κ2) is 11.6. The summed E-state index contributed by atoms with van der Waals surface area (Å²) in [6, 6.07) is 12.4. The van der Waals surface area contributed by atoms with Crippen LogP contribution in [-0.2, 0) is 4.79 Å². The molecule has 7 nitrogen and oxygen atoms in total. The largest absolute Gasteiger partial charge is 0.493 e. The monoisotopic (exact) mass is 387 g/mol. The molecule has 0 heterocycles. The van der Waals surface area contributed by atoms with Crippen LogP contribution in [0.3, 0.4) is 0 Å². The van der Waals surface area contributed by atoms with Crippen LogP contribution in [-0.4, -0.2) is 24.1 Å². The van der Waals surface area contributed by atoms with Crippen LogP contribution in [0.4, 0.5) is 5.69 Å². The molecule has 0 atom stereocenters. The van der Waals surface area contributed by atoms with E-state index in [0.29, 0.717) is 18.1 Å². The molecule has 0 aliphatic rings. The summed E-state index contributed by atoms with van der Waals surface area (Å²) < 4.78 is 16.2. The van der Waals surface area contributed by atoms with Gasteiger partial charge in [-0.05, 0) is 30.7 Å². The number of hydrogen-bond donors (Lipinski definition) is 0. The number of carbonyl (C=O) groups excluding carboxylic acids is 1. The quantitative estimate of drug-likeness (QED) is 0.169. The lowest BCUT2D eigenvalue weighted by molar-refractivity contribution is -0.384. The van der Waals surface area contributed by atoms with Crippen molar-refractivity contribution in [1.82, 2.24) is 0 Å². The number of rotatable bonds is 12. The van der Waals surface area contributed by atoms with Crippen LogP contribution in [0.2, 0.25) is 0 Å². The van der Waals surface area contributed by atoms with Gasteiger partial charge in [-0.2, -0.15) is 0 Å². The van der Waals surface area contributed by atoms with Crippen molar-refractivity contribution in [3.8, 4) is 17.2 Å².